The smallest absolute Gasteiger partial charge is 0.257 e. The Morgan fingerprint density at radius 2 is 1.71 bits per heavy atom. The third-order valence-corrected chi connectivity index (χ3v) is 7.93. The van der Waals surface area contributed by atoms with Crippen LogP contribution in [0.2, 0.25) is 0 Å². The molecule has 1 spiro atoms. The number of carbonyl (C=O) groups is 2. The summed E-state index contributed by atoms with van der Waals surface area (Å²) in [6.07, 6.45) is 2.78. The molecule has 198 valence electrons. The highest BCUT2D eigenvalue weighted by Gasteiger charge is 2.45. The van der Waals surface area contributed by atoms with Gasteiger partial charge < -0.3 is 25.6 Å². The maximum absolute atomic E-state index is 13.5. The van der Waals surface area contributed by atoms with E-state index in [4.69, 9.17) is 4.74 Å². The van der Waals surface area contributed by atoms with Crippen molar-refractivity contribution < 1.29 is 14.3 Å². The van der Waals surface area contributed by atoms with Gasteiger partial charge in [0.05, 0.1) is 29.8 Å². The predicted octanol–water partition coefficient (Wildman–Crippen LogP) is 3.34. The molecule has 5 rings (SSSR count). The zero-order valence-electron chi connectivity index (χ0n) is 21.6. The number of nitrogens with one attached hydrogen (secondary N) is 3. The molecule has 38 heavy (non-hydrogen) atoms. The summed E-state index contributed by atoms with van der Waals surface area (Å²) < 4.78 is 5.62. The van der Waals surface area contributed by atoms with Crippen LogP contribution in [0.3, 0.4) is 0 Å². The Morgan fingerprint density at radius 3 is 2.34 bits per heavy atom. The molecule has 2 fully saturated rings. The van der Waals surface area contributed by atoms with Gasteiger partial charge in [0.25, 0.3) is 16.8 Å². The van der Waals surface area contributed by atoms with Crippen molar-refractivity contribution in [2.24, 2.45) is 5.41 Å². The number of hydrogen-bond donors (Lipinski definition) is 3. The van der Waals surface area contributed by atoms with Crippen LogP contribution in [0.1, 0.15) is 54.6 Å². The Bertz CT molecular complexity index is 1420. The zero-order chi connectivity index (χ0) is 26.9. The molecule has 0 radical (unpaired) electrons. The Kier molecular flexibility index (Phi) is 6.93. The van der Waals surface area contributed by atoms with Crippen LogP contribution < -0.4 is 31.5 Å². The standard InChI is InChI=1S/C29H32N4O5/c1-3-20(18-8-5-4-6-9-18)31-22-23(25(35)24(22)34)32-21-11-7-10-19(26(21)38-2)27(36)33-16-13-29(14-17-33)12-15-30-28(29)37/h4-11,20,31-32H,3,12-17H2,1-2H3,(H,30,37)/t20-/m1/s1. The number of anilines is 3. The van der Waals surface area contributed by atoms with Gasteiger partial charge in [-0.1, -0.05) is 43.3 Å². The lowest BCUT2D eigenvalue weighted by Gasteiger charge is -2.37. The topological polar surface area (TPSA) is 117 Å². The van der Waals surface area contributed by atoms with Crippen LogP contribution in [0.15, 0.2) is 58.1 Å². The summed E-state index contributed by atoms with van der Waals surface area (Å²) >= 11 is 0. The number of likely N-dealkylation sites (tertiary alicyclic amines) is 1. The van der Waals surface area contributed by atoms with Gasteiger partial charge in [0.2, 0.25) is 5.91 Å². The van der Waals surface area contributed by atoms with E-state index in [1.807, 2.05) is 37.3 Å². The number of nitrogens with zero attached hydrogens (tertiary/aromatic N) is 1. The highest BCUT2D eigenvalue weighted by Crippen LogP contribution is 2.39. The molecule has 0 saturated carbocycles. The van der Waals surface area contributed by atoms with Crippen LogP contribution in [0.4, 0.5) is 17.1 Å². The van der Waals surface area contributed by atoms with Crippen LogP contribution in [-0.4, -0.2) is 43.5 Å². The highest BCUT2D eigenvalue weighted by atomic mass is 16.5. The summed E-state index contributed by atoms with van der Waals surface area (Å²) in [6, 6.07) is 14.7. The number of para-hydroxylation sites is 1. The first-order chi connectivity index (χ1) is 18.4. The monoisotopic (exact) mass is 516 g/mol. The van der Waals surface area contributed by atoms with Gasteiger partial charge >= 0.3 is 0 Å². The number of piperidine rings is 1. The first kappa shape index (κ1) is 25.5. The van der Waals surface area contributed by atoms with Gasteiger partial charge in [0.15, 0.2) is 5.75 Å². The van der Waals surface area contributed by atoms with E-state index in [0.717, 1.165) is 12.0 Å². The fraction of sp³-hybridized carbons (Fsp3) is 0.379. The molecular weight excluding hydrogens is 484 g/mol. The number of rotatable bonds is 8. The van der Waals surface area contributed by atoms with E-state index in [1.54, 1.807) is 23.1 Å². The Balaban J connectivity index is 1.36. The fourth-order valence-electron chi connectivity index (χ4n) is 5.59. The molecule has 2 amide bonds. The van der Waals surface area contributed by atoms with Gasteiger partial charge in [0.1, 0.15) is 11.4 Å². The normalized spacial score (nSPS) is 17.3. The van der Waals surface area contributed by atoms with Crippen molar-refractivity contribution in [3.05, 3.63) is 80.1 Å². The van der Waals surface area contributed by atoms with Crippen molar-refractivity contribution in [1.29, 1.82) is 0 Å². The quantitative estimate of drug-likeness (QED) is 0.393. The Labute approximate surface area is 220 Å². The zero-order valence-corrected chi connectivity index (χ0v) is 21.6. The number of benzene rings is 2. The summed E-state index contributed by atoms with van der Waals surface area (Å²) in [5.41, 5.74) is 0.598. The molecule has 3 aromatic carbocycles. The van der Waals surface area contributed by atoms with Crippen molar-refractivity contribution in [1.82, 2.24) is 10.2 Å². The predicted molar refractivity (Wildman–Crippen MR) is 146 cm³/mol. The Morgan fingerprint density at radius 1 is 1.00 bits per heavy atom. The van der Waals surface area contributed by atoms with E-state index < -0.39 is 10.9 Å². The first-order valence-corrected chi connectivity index (χ1v) is 13.0. The van der Waals surface area contributed by atoms with Gasteiger partial charge in [-0.2, -0.15) is 0 Å². The molecule has 2 aliphatic heterocycles. The van der Waals surface area contributed by atoms with Gasteiger partial charge in [-0.3, -0.25) is 19.2 Å². The van der Waals surface area contributed by atoms with E-state index in [0.29, 0.717) is 55.9 Å². The number of methoxy groups -OCH3 is 1. The molecule has 1 atom stereocenters. The molecule has 9 heteroatoms. The molecule has 0 bridgehead atoms. The van der Waals surface area contributed by atoms with Crippen molar-refractivity contribution in [2.45, 2.75) is 38.6 Å². The first-order valence-electron chi connectivity index (χ1n) is 13.0. The molecular formula is C29H32N4O5. The molecule has 3 aromatic rings. The van der Waals surface area contributed by atoms with Crippen molar-refractivity contribution in [3.63, 3.8) is 0 Å². The summed E-state index contributed by atoms with van der Waals surface area (Å²) in [4.78, 5) is 52.6. The van der Waals surface area contributed by atoms with Crippen molar-refractivity contribution in [2.75, 3.05) is 37.4 Å². The van der Waals surface area contributed by atoms with Crippen LogP contribution in [0, 0.1) is 5.41 Å². The third-order valence-electron chi connectivity index (χ3n) is 7.93. The van der Waals surface area contributed by atoms with E-state index in [9.17, 15) is 19.2 Å². The fourth-order valence-corrected chi connectivity index (χ4v) is 5.59. The average molecular weight is 517 g/mol. The molecule has 3 N–H and O–H groups in total. The van der Waals surface area contributed by atoms with Crippen LogP contribution in [-0.2, 0) is 4.79 Å². The summed E-state index contributed by atoms with van der Waals surface area (Å²) in [7, 11) is 1.47. The number of ether oxygens (including phenoxy) is 1. The molecule has 0 unspecified atom stereocenters. The number of amides is 2. The number of hydrogen-bond acceptors (Lipinski definition) is 7. The lowest BCUT2D eigenvalue weighted by molar-refractivity contribution is -0.129. The second kappa shape index (κ2) is 10.3. The summed E-state index contributed by atoms with van der Waals surface area (Å²) in [5.74, 6) is 0.186. The largest absolute Gasteiger partial charge is 0.494 e. The average Bonchev–Trinajstić information content (AvgIpc) is 3.31. The van der Waals surface area contributed by atoms with E-state index in [2.05, 4.69) is 16.0 Å². The minimum absolute atomic E-state index is 0.0864. The second-order valence-electron chi connectivity index (χ2n) is 10.0. The Hall–Kier alpha value is -4.14. The lowest BCUT2D eigenvalue weighted by Crippen LogP contribution is -2.46. The third kappa shape index (κ3) is 4.42. The van der Waals surface area contributed by atoms with Crippen LogP contribution in [0.5, 0.6) is 5.75 Å². The molecule has 0 aromatic heterocycles. The van der Waals surface area contributed by atoms with Gasteiger partial charge in [-0.05, 0) is 43.4 Å². The SMILES string of the molecule is CC[C@@H](Nc1c(Nc2cccc(C(=O)N3CCC4(CCNC4=O)CC3)c2OC)c(=O)c1=O)c1ccccc1. The van der Waals surface area contributed by atoms with Crippen molar-refractivity contribution >= 4 is 28.9 Å². The van der Waals surface area contributed by atoms with Crippen molar-refractivity contribution in [3.8, 4) is 5.75 Å². The maximum atomic E-state index is 13.5. The van der Waals surface area contributed by atoms with E-state index in [1.165, 1.54) is 7.11 Å². The maximum Gasteiger partial charge on any atom is 0.257 e. The minimum atomic E-state index is -0.620. The summed E-state index contributed by atoms with van der Waals surface area (Å²) in [5, 5.41) is 9.19. The molecule has 2 aliphatic rings. The lowest BCUT2D eigenvalue weighted by atomic mass is 9.77. The molecule has 2 saturated heterocycles. The van der Waals surface area contributed by atoms with Crippen LogP contribution in [0.25, 0.3) is 0 Å². The van der Waals surface area contributed by atoms with Gasteiger partial charge in [0, 0.05) is 19.6 Å². The van der Waals surface area contributed by atoms with E-state index in [-0.39, 0.29) is 34.6 Å². The second-order valence-corrected chi connectivity index (χ2v) is 10.0. The van der Waals surface area contributed by atoms with Gasteiger partial charge in [-0.15, -0.1) is 0 Å². The molecule has 0 aliphatic carbocycles. The molecule has 2 heterocycles. The molecule has 9 nitrogen and oxygen atoms in total. The minimum Gasteiger partial charge on any atom is -0.494 e. The summed E-state index contributed by atoms with van der Waals surface area (Å²) in [6.45, 7) is 3.66. The van der Waals surface area contributed by atoms with Gasteiger partial charge in [-0.25, -0.2) is 0 Å². The van der Waals surface area contributed by atoms with E-state index >= 15 is 0 Å². The van der Waals surface area contributed by atoms with Crippen LogP contribution >= 0.6 is 0 Å². The highest BCUT2D eigenvalue weighted by molar-refractivity contribution is 5.99. The number of carbonyl (C=O) groups excluding carboxylic acids is 2.